The molecule has 2 unspecified atom stereocenters. The van der Waals surface area contributed by atoms with Gasteiger partial charge in [-0.3, -0.25) is 0 Å². The van der Waals surface area contributed by atoms with Crippen molar-refractivity contribution in [1.29, 1.82) is 0 Å². The molecular formula is C31H45FN2O5SSi. The maximum absolute atomic E-state index is 15.8. The van der Waals surface area contributed by atoms with Gasteiger partial charge in [0.2, 0.25) is 10.0 Å². The summed E-state index contributed by atoms with van der Waals surface area (Å²) in [6, 6.07) is 14.1. The lowest BCUT2D eigenvalue weighted by atomic mass is 9.84. The minimum atomic E-state index is -3.68. The van der Waals surface area contributed by atoms with Gasteiger partial charge in [0.25, 0.3) is 0 Å². The van der Waals surface area contributed by atoms with Gasteiger partial charge in [0.1, 0.15) is 16.7 Å². The number of benzene rings is 2. The van der Waals surface area contributed by atoms with Crippen LogP contribution in [0, 0.1) is 5.82 Å². The predicted molar refractivity (Wildman–Crippen MR) is 162 cm³/mol. The number of likely N-dealkylation sites (tertiary alicyclic amines) is 1. The van der Waals surface area contributed by atoms with Crippen molar-refractivity contribution in [3.05, 3.63) is 71.0 Å². The lowest BCUT2D eigenvalue weighted by Gasteiger charge is -2.45. The van der Waals surface area contributed by atoms with Gasteiger partial charge in [0, 0.05) is 31.2 Å². The molecule has 10 heteroatoms. The summed E-state index contributed by atoms with van der Waals surface area (Å²) < 4.78 is 56.9. The molecule has 1 amide bonds. The minimum Gasteiger partial charge on any atom is -0.444 e. The molecule has 0 spiro atoms. The van der Waals surface area contributed by atoms with Crippen molar-refractivity contribution in [2.24, 2.45) is 0 Å². The van der Waals surface area contributed by atoms with Crippen molar-refractivity contribution in [2.75, 3.05) is 13.1 Å². The highest BCUT2D eigenvalue weighted by atomic mass is 32.2. The molecule has 2 fully saturated rings. The van der Waals surface area contributed by atoms with Crippen LogP contribution >= 0.6 is 0 Å². The van der Waals surface area contributed by atoms with E-state index in [0.29, 0.717) is 44.3 Å². The second-order valence-corrected chi connectivity index (χ2v) is 19.9. The number of amides is 1. The van der Waals surface area contributed by atoms with Gasteiger partial charge in [-0.15, -0.1) is 0 Å². The van der Waals surface area contributed by atoms with Crippen LogP contribution < -0.4 is 0 Å². The first kappa shape index (κ1) is 31.7. The maximum atomic E-state index is 15.8. The molecule has 226 valence electrons. The molecule has 7 nitrogen and oxygen atoms in total. The Morgan fingerprint density at radius 2 is 1.68 bits per heavy atom. The van der Waals surface area contributed by atoms with E-state index in [9.17, 15) is 13.2 Å². The van der Waals surface area contributed by atoms with Gasteiger partial charge >= 0.3 is 6.09 Å². The van der Waals surface area contributed by atoms with Crippen LogP contribution in [0.4, 0.5) is 9.18 Å². The third kappa shape index (κ3) is 7.39. The molecule has 0 N–H and O–H groups in total. The Labute approximate surface area is 246 Å². The first-order valence-corrected chi connectivity index (χ1v) is 19.4. The van der Waals surface area contributed by atoms with Gasteiger partial charge in [-0.05, 0) is 90.2 Å². The summed E-state index contributed by atoms with van der Waals surface area (Å²) in [6.45, 7) is 14.6. The second-order valence-electron chi connectivity index (χ2n) is 13.4. The average Bonchev–Trinajstić information content (AvgIpc) is 2.86. The van der Waals surface area contributed by atoms with Crippen LogP contribution in [0.15, 0.2) is 48.5 Å². The highest BCUT2D eigenvalue weighted by Crippen LogP contribution is 2.41. The van der Waals surface area contributed by atoms with Crippen LogP contribution in [-0.4, -0.2) is 56.8 Å². The van der Waals surface area contributed by atoms with E-state index in [-0.39, 0.29) is 18.7 Å². The number of halogens is 1. The second kappa shape index (κ2) is 11.8. The van der Waals surface area contributed by atoms with Crippen LogP contribution in [0.1, 0.15) is 75.3 Å². The Bertz CT molecular complexity index is 1330. The molecule has 0 radical (unpaired) electrons. The van der Waals surface area contributed by atoms with Crippen LogP contribution in [0.5, 0.6) is 0 Å². The molecule has 0 aromatic heterocycles. The van der Waals surface area contributed by atoms with E-state index in [2.05, 4.69) is 19.6 Å². The number of hydrogen-bond acceptors (Lipinski definition) is 5. The smallest absolute Gasteiger partial charge is 0.410 e. The number of piperidine rings is 1. The molecule has 2 heterocycles. The number of ether oxygens (including phenoxy) is 1. The van der Waals surface area contributed by atoms with E-state index in [0.717, 1.165) is 11.1 Å². The van der Waals surface area contributed by atoms with Gasteiger partial charge in [-0.2, -0.15) is 4.31 Å². The SMILES string of the molecule is CC1CCC(c2ccccc2)S(=O)(=O)N1Cc1ccc(C2(O[Si](C)(C)C)CCN(C(=O)OC(C)(C)C)CC2)cc1F. The number of nitrogens with zero attached hydrogens (tertiary/aromatic N) is 2. The van der Waals surface area contributed by atoms with E-state index < -0.39 is 40.6 Å². The number of rotatable bonds is 6. The fraction of sp³-hybridized carbons (Fsp3) is 0.581. The Morgan fingerprint density at radius 3 is 2.24 bits per heavy atom. The Kier molecular flexibility index (Phi) is 9.10. The zero-order valence-electron chi connectivity index (χ0n) is 25.4. The van der Waals surface area contributed by atoms with Gasteiger partial charge in [0.05, 0.1) is 5.60 Å². The Balaban J connectivity index is 1.57. The molecule has 2 aromatic carbocycles. The summed E-state index contributed by atoms with van der Waals surface area (Å²) in [5.74, 6) is -0.445. The zero-order valence-corrected chi connectivity index (χ0v) is 27.3. The van der Waals surface area contributed by atoms with Crippen molar-refractivity contribution in [3.8, 4) is 0 Å². The third-order valence-electron chi connectivity index (χ3n) is 7.83. The summed E-state index contributed by atoms with van der Waals surface area (Å²) in [6.07, 6.45) is 1.94. The fourth-order valence-electron chi connectivity index (χ4n) is 5.89. The highest BCUT2D eigenvalue weighted by Gasteiger charge is 2.44. The summed E-state index contributed by atoms with van der Waals surface area (Å²) in [5.41, 5.74) is 0.516. The monoisotopic (exact) mass is 604 g/mol. The van der Waals surface area contributed by atoms with Gasteiger partial charge < -0.3 is 14.1 Å². The van der Waals surface area contributed by atoms with E-state index in [1.54, 1.807) is 11.0 Å². The lowest BCUT2D eigenvalue weighted by Crippen LogP contribution is -2.51. The number of carbonyl (C=O) groups is 1. The van der Waals surface area contributed by atoms with E-state index in [4.69, 9.17) is 9.16 Å². The van der Waals surface area contributed by atoms with Crippen molar-refractivity contribution in [2.45, 2.75) is 102 Å². The molecule has 0 saturated carbocycles. The fourth-order valence-corrected chi connectivity index (χ4v) is 9.57. The molecular weight excluding hydrogens is 560 g/mol. The first-order valence-electron chi connectivity index (χ1n) is 14.5. The molecule has 2 aliphatic rings. The molecule has 0 aliphatic carbocycles. The number of hydrogen-bond donors (Lipinski definition) is 0. The first-order chi connectivity index (χ1) is 19.0. The molecule has 41 heavy (non-hydrogen) atoms. The van der Waals surface area contributed by atoms with Gasteiger partial charge in [-0.1, -0.05) is 42.5 Å². The summed E-state index contributed by atoms with van der Waals surface area (Å²) in [5, 5.41) is -0.634. The van der Waals surface area contributed by atoms with Gasteiger partial charge in [-0.25, -0.2) is 17.6 Å². The number of sulfonamides is 1. The van der Waals surface area contributed by atoms with E-state index >= 15 is 4.39 Å². The van der Waals surface area contributed by atoms with Gasteiger partial charge in [0.15, 0.2) is 8.32 Å². The Morgan fingerprint density at radius 1 is 1.05 bits per heavy atom. The number of carbonyl (C=O) groups excluding carboxylic acids is 1. The van der Waals surface area contributed by atoms with Crippen LogP contribution in [0.3, 0.4) is 0 Å². The van der Waals surface area contributed by atoms with Crippen molar-refractivity contribution >= 4 is 24.4 Å². The summed E-state index contributed by atoms with van der Waals surface area (Å²) in [7, 11) is -5.74. The quantitative estimate of drug-likeness (QED) is 0.333. The van der Waals surface area contributed by atoms with Crippen LogP contribution in [0.25, 0.3) is 0 Å². The van der Waals surface area contributed by atoms with E-state index in [1.807, 2.05) is 64.1 Å². The van der Waals surface area contributed by atoms with E-state index in [1.165, 1.54) is 10.4 Å². The maximum Gasteiger partial charge on any atom is 0.410 e. The minimum absolute atomic E-state index is 0.0206. The highest BCUT2D eigenvalue weighted by molar-refractivity contribution is 7.89. The summed E-state index contributed by atoms with van der Waals surface area (Å²) in [4.78, 5) is 14.4. The van der Waals surface area contributed by atoms with Crippen LogP contribution in [-0.2, 0) is 31.3 Å². The molecule has 2 aliphatic heterocycles. The third-order valence-corrected chi connectivity index (χ3v) is 11.2. The molecule has 0 bridgehead atoms. The normalized spacial score (nSPS) is 23.3. The molecule has 2 aromatic rings. The average molecular weight is 605 g/mol. The Hall–Kier alpha value is -2.27. The van der Waals surface area contributed by atoms with Crippen molar-refractivity contribution in [1.82, 2.24) is 9.21 Å². The largest absolute Gasteiger partial charge is 0.444 e. The van der Waals surface area contributed by atoms with Crippen molar-refractivity contribution in [3.63, 3.8) is 0 Å². The molecule has 2 saturated heterocycles. The van der Waals surface area contributed by atoms with Crippen molar-refractivity contribution < 1.29 is 26.8 Å². The van der Waals surface area contributed by atoms with Crippen LogP contribution in [0.2, 0.25) is 19.6 Å². The predicted octanol–water partition coefficient (Wildman–Crippen LogP) is 6.96. The molecule has 2 atom stereocenters. The topological polar surface area (TPSA) is 76.2 Å². The summed E-state index contributed by atoms with van der Waals surface area (Å²) >= 11 is 0. The molecule has 4 rings (SSSR count). The standard InChI is InChI=1S/C31H45FN2O5SSi/c1-23-13-16-28(24-11-9-8-10-12-24)40(36,37)34(23)22-25-14-15-26(21-27(25)32)31(39-41(5,6)7)17-19-33(20-18-31)29(35)38-30(2,3)4/h8-12,14-15,21,23,28H,13,16-20,22H2,1-7H3. The lowest BCUT2D eigenvalue weighted by molar-refractivity contribution is -0.0246. The zero-order chi connectivity index (χ0) is 30.2.